The lowest BCUT2D eigenvalue weighted by molar-refractivity contribution is -0.135. The second-order valence-corrected chi connectivity index (χ2v) is 5.88. The summed E-state index contributed by atoms with van der Waals surface area (Å²) < 4.78 is 5.59. The third kappa shape index (κ3) is 4.19. The molecule has 0 aromatic heterocycles. The van der Waals surface area contributed by atoms with Crippen molar-refractivity contribution in [3.8, 4) is 0 Å². The Bertz CT molecular complexity index is 477. The van der Waals surface area contributed by atoms with Gasteiger partial charge < -0.3 is 4.74 Å². The number of benzene rings is 1. The average molecular weight is 316 g/mol. The molecule has 1 aromatic carbocycles. The number of rotatable bonds is 5. The topological polar surface area (TPSA) is 29.5 Å². The summed E-state index contributed by atoms with van der Waals surface area (Å²) in [5, 5.41) is 1.17. The second kappa shape index (κ2) is 7.41. The Morgan fingerprint density at radius 2 is 2.25 bits per heavy atom. The smallest absolute Gasteiger partial charge is 0.167 e. The summed E-state index contributed by atoms with van der Waals surface area (Å²) in [4.78, 5) is 14.6. The van der Waals surface area contributed by atoms with Crippen molar-refractivity contribution in [3.05, 3.63) is 33.8 Å². The van der Waals surface area contributed by atoms with E-state index in [2.05, 4.69) is 11.8 Å². The zero-order valence-electron chi connectivity index (χ0n) is 11.6. The molecule has 0 saturated carbocycles. The van der Waals surface area contributed by atoms with E-state index < -0.39 is 0 Å². The van der Waals surface area contributed by atoms with Crippen LogP contribution >= 0.6 is 23.2 Å². The highest BCUT2D eigenvalue weighted by molar-refractivity contribution is 6.33. The van der Waals surface area contributed by atoms with Gasteiger partial charge in [0.15, 0.2) is 5.78 Å². The summed E-state index contributed by atoms with van der Waals surface area (Å²) >= 11 is 12.0. The molecule has 1 atom stereocenters. The van der Waals surface area contributed by atoms with Crippen molar-refractivity contribution in [1.29, 1.82) is 0 Å². The molecule has 0 aliphatic carbocycles. The highest BCUT2D eigenvalue weighted by Gasteiger charge is 2.26. The molecule has 110 valence electrons. The van der Waals surface area contributed by atoms with Crippen LogP contribution in [0.15, 0.2) is 18.2 Å². The monoisotopic (exact) mass is 315 g/mol. The fourth-order valence-electron chi connectivity index (χ4n) is 2.40. The van der Waals surface area contributed by atoms with Gasteiger partial charge in [0.2, 0.25) is 0 Å². The molecule has 2 rings (SSSR count). The quantitative estimate of drug-likeness (QED) is 0.835. The van der Waals surface area contributed by atoms with Crippen molar-refractivity contribution in [3.63, 3.8) is 0 Å². The van der Waals surface area contributed by atoms with E-state index in [0.717, 1.165) is 25.1 Å². The lowest BCUT2D eigenvalue weighted by atomic mass is 10.0. The largest absolute Gasteiger partial charge is 0.368 e. The van der Waals surface area contributed by atoms with Gasteiger partial charge in [0.1, 0.15) is 6.10 Å². The van der Waals surface area contributed by atoms with Crippen LogP contribution in [0.4, 0.5) is 0 Å². The van der Waals surface area contributed by atoms with Gasteiger partial charge in [0.25, 0.3) is 0 Å². The van der Waals surface area contributed by atoms with Crippen LogP contribution in [0, 0.1) is 0 Å². The van der Waals surface area contributed by atoms with Crippen LogP contribution < -0.4 is 0 Å². The van der Waals surface area contributed by atoms with Crippen molar-refractivity contribution in [2.75, 3.05) is 26.2 Å². The molecular weight excluding hydrogens is 297 g/mol. The summed E-state index contributed by atoms with van der Waals surface area (Å²) in [7, 11) is 0. The molecule has 0 N–H and O–H groups in total. The molecule has 1 fully saturated rings. The molecular formula is C15H19Cl2NO2. The second-order valence-electron chi connectivity index (χ2n) is 5.04. The number of carbonyl (C=O) groups excluding carboxylic acids is 1. The lowest BCUT2D eigenvalue weighted by Crippen LogP contribution is -2.46. The summed E-state index contributed by atoms with van der Waals surface area (Å²) in [6.07, 6.45) is 0.996. The van der Waals surface area contributed by atoms with Crippen LogP contribution in [0.1, 0.15) is 18.9 Å². The third-order valence-electron chi connectivity index (χ3n) is 3.42. The van der Waals surface area contributed by atoms with E-state index in [4.69, 9.17) is 27.9 Å². The molecule has 3 nitrogen and oxygen atoms in total. The van der Waals surface area contributed by atoms with Gasteiger partial charge in [0.05, 0.1) is 6.61 Å². The Kier molecular flexibility index (Phi) is 5.85. The van der Waals surface area contributed by atoms with Gasteiger partial charge in [0, 0.05) is 29.6 Å². The van der Waals surface area contributed by atoms with Crippen molar-refractivity contribution < 1.29 is 9.53 Å². The Morgan fingerprint density at radius 3 is 3.00 bits per heavy atom. The fraction of sp³-hybridized carbons (Fsp3) is 0.533. The van der Waals surface area contributed by atoms with Crippen LogP contribution in [-0.2, 0) is 16.0 Å². The first kappa shape index (κ1) is 15.8. The number of hydrogen-bond acceptors (Lipinski definition) is 3. The number of morpholine rings is 1. The van der Waals surface area contributed by atoms with Gasteiger partial charge in [-0.25, -0.2) is 0 Å². The minimum Gasteiger partial charge on any atom is -0.368 e. The van der Waals surface area contributed by atoms with Crippen LogP contribution in [0.5, 0.6) is 0 Å². The van der Waals surface area contributed by atoms with E-state index in [1.807, 2.05) is 0 Å². The van der Waals surface area contributed by atoms with Gasteiger partial charge in [-0.2, -0.15) is 0 Å². The van der Waals surface area contributed by atoms with Crippen molar-refractivity contribution >= 4 is 29.0 Å². The Hall–Kier alpha value is -0.610. The summed E-state index contributed by atoms with van der Waals surface area (Å²) in [5.74, 6) is 0.0648. The minimum absolute atomic E-state index is 0.0648. The molecule has 1 aromatic rings. The number of Topliss-reactive ketones (excluding diaryl/α,β-unsaturated/α-hetero) is 1. The van der Waals surface area contributed by atoms with Crippen LogP contribution in [0.25, 0.3) is 0 Å². The van der Waals surface area contributed by atoms with Crippen molar-refractivity contribution in [2.45, 2.75) is 25.9 Å². The first-order valence-electron chi connectivity index (χ1n) is 6.90. The molecule has 0 bridgehead atoms. The Morgan fingerprint density at radius 1 is 1.45 bits per heavy atom. The molecule has 0 spiro atoms. The molecule has 0 amide bonds. The van der Waals surface area contributed by atoms with E-state index in [0.29, 0.717) is 23.2 Å². The van der Waals surface area contributed by atoms with E-state index in [9.17, 15) is 4.79 Å². The number of carbonyl (C=O) groups is 1. The van der Waals surface area contributed by atoms with Crippen LogP contribution in [-0.4, -0.2) is 43.0 Å². The maximum atomic E-state index is 12.3. The molecule has 1 saturated heterocycles. The third-order valence-corrected chi connectivity index (χ3v) is 4.03. The molecule has 0 radical (unpaired) electrons. The fourth-order valence-corrected chi connectivity index (χ4v) is 2.78. The normalized spacial score (nSPS) is 20.1. The Labute approximate surface area is 129 Å². The van der Waals surface area contributed by atoms with E-state index >= 15 is 0 Å². The minimum atomic E-state index is -0.356. The summed E-state index contributed by atoms with van der Waals surface area (Å²) in [6.45, 7) is 5.32. The van der Waals surface area contributed by atoms with Gasteiger partial charge in [-0.05, 0) is 36.7 Å². The van der Waals surface area contributed by atoms with Gasteiger partial charge in [-0.15, -0.1) is 0 Å². The standard InChI is InChI=1S/C15H19Cl2NO2/c1-2-5-18-6-7-20-15(10-18)14(19)9-11-8-12(16)3-4-13(11)17/h3-4,8,15H,2,5-7,9-10H2,1H3. The number of hydrogen-bond donors (Lipinski definition) is 0. The van der Waals surface area contributed by atoms with Gasteiger partial charge in [-0.1, -0.05) is 30.1 Å². The molecule has 20 heavy (non-hydrogen) atoms. The van der Waals surface area contributed by atoms with Gasteiger partial charge >= 0.3 is 0 Å². The molecule has 5 heteroatoms. The van der Waals surface area contributed by atoms with E-state index in [1.54, 1.807) is 18.2 Å². The predicted octanol–water partition coefficient (Wildman–Crippen LogP) is 3.22. The zero-order valence-corrected chi connectivity index (χ0v) is 13.1. The first-order chi connectivity index (χ1) is 9.60. The zero-order chi connectivity index (χ0) is 14.5. The van der Waals surface area contributed by atoms with E-state index in [-0.39, 0.29) is 18.3 Å². The van der Waals surface area contributed by atoms with Crippen molar-refractivity contribution in [2.24, 2.45) is 0 Å². The average Bonchev–Trinajstić information content (AvgIpc) is 2.43. The van der Waals surface area contributed by atoms with Gasteiger partial charge in [-0.3, -0.25) is 9.69 Å². The summed E-state index contributed by atoms with van der Waals surface area (Å²) in [5.41, 5.74) is 0.764. The molecule has 1 aliphatic heterocycles. The predicted molar refractivity (Wildman–Crippen MR) is 81.6 cm³/mol. The molecule has 1 heterocycles. The van der Waals surface area contributed by atoms with Crippen molar-refractivity contribution in [1.82, 2.24) is 4.90 Å². The number of ether oxygens (including phenoxy) is 1. The number of halogens is 2. The highest BCUT2D eigenvalue weighted by atomic mass is 35.5. The van der Waals surface area contributed by atoms with Crippen LogP contribution in [0.3, 0.4) is 0 Å². The van der Waals surface area contributed by atoms with Crippen LogP contribution in [0.2, 0.25) is 10.0 Å². The maximum absolute atomic E-state index is 12.3. The highest BCUT2D eigenvalue weighted by Crippen LogP contribution is 2.22. The SMILES string of the molecule is CCCN1CCOC(C(=O)Cc2cc(Cl)ccc2Cl)C1. The Balaban J connectivity index is 1.99. The molecule has 1 unspecified atom stereocenters. The number of nitrogens with zero attached hydrogens (tertiary/aromatic N) is 1. The lowest BCUT2D eigenvalue weighted by Gasteiger charge is -2.31. The summed E-state index contributed by atoms with van der Waals surface area (Å²) in [6, 6.07) is 5.18. The van der Waals surface area contributed by atoms with E-state index in [1.165, 1.54) is 0 Å². The maximum Gasteiger partial charge on any atom is 0.167 e. The molecule has 1 aliphatic rings. The number of ketones is 1. The first-order valence-corrected chi connectivity index (χ1v) is 7.66.